The van der Waals surface area contributed by atoms with Crippen LogP contribution in [0.25, 0.3) is 16.7 Å². The zero-order chi connectivity index (χ0) is 28.6. The van der Waals surface area contributed by atoms with E-state index in [9.17, 15) is 24.8 Å². The summed E-state index contributed by atoms with van der Waals surface area (Å²) in [6.45, 7) is 4.38. The molecule has 9 heteroatoms. The van der Waals surface area contributed by atoms with Crippen molar-refractivity contribution in [1.82, 2.24) is 9.88 Å². The number of aliphatic hydroxyl groups is 1. The first kappa shape index (κ1) is 26.7. The van der Waals surface area contributed by atoms with E-state index in [1.807, 2.05) is 48.7 Å². The standard InChI is InChI=1S/C31H29N3O6/c1-18(2)19-4-6-20(7-5-19)28-27(29(35)21-8-10-23(11-9-21)34(38)39)30(36)31(37)33(28)15-14-22-17-32-26-13-12-24(40-3)16-25(22)26/h4-13,16-18,28,32,35H,14-15H2,1-3H3/t28-/m1/s1. The molecule has 0 bridgehead atoms. The third-order valence-electron chi connectivity index (χ3n) is 7.41. The molecule has 0 saturated carbocycles. The third kappa shape index (κ3) is 4.82. The number of amides is 1. The van der Waals surface area contributed by atoms with Crippen molar-refractivity contribution in [3.63, 3.8) is 0 Å². The SMILES string of the molecule is COc1ccc2[nH]cc(CCN3C(=O)C(=O)C(=C(O)c4ccc([N+](=O)[O-])cc4)[C@H]3c3ccc(C(C)C)cc3)c2c1. The minimum absolute atomic E-state index is 0.0447. The molecule has 3 aromatic carbocycles. The molecule has 9 nitrogen and oxygen atoms in total. The van der Waals surface area contributed by atoms with Crippen molar-refractivity contribution in [2.75, 3.05) is 13.7 Å². The van der Waals surface area contributed by atoms with Gasteiger partial charge in [0.1, 0.15) is 11.5 Å². The maximum absolute atomic E-state index is 13.4. The number of nitrogens with zero attached hydrogens (tertiary/aromatic N) is 2. The van der Waals surface area contributed by atoms with Gasteiger partial charge in [-0.25, -0.2) is 0 Å². The topological polar surface area (TPSA) is 126 Å². The number of hydrogen-bond donors (Lipinski definition) is 2. The average molecular weight is 540 g/mol. The molecule has 1 aromatic heterocycles. The number of non-ortho nitro benzene ring substituents is 1. The number of hydrogen-bond acceptors (Lipinski definition) is 6. The van der Waals surface area contributed by atoms with E-state index in [0.29, 0.717) is 23.7 Å². The highest BCUT2D eigenvalue weighted by Crippen LogP contribution is 2.40. The van der Waals surface area contributed by atoms with Gasteiger partial charge in [0.05, 0.1) is 23.6 Å². The third-order valence-corrected chi connectivity index (χ3v) is 7.41. The first-order valence-electron chi connectivity index (χ1n) is 13.0. The van der Waals surface area contributed by atoms with Gasteiger partial charge in [-0.1, -0.05) is 38.1 Å². The first-order valence-corrected chi connectivity index (χ1v) is 13.0. The van der Waals surface area contributed by atoms with E-state index in [4.69, 9.17) is 4.74 Å². The van der Waals surface area contributed by atoms with E-state index in [1.54, 1.807) is 7.11 Å². The van der Waals surface area contributed by atoms with Crippen LogP contribution >= 0.6 is 0 Å². The summed E-state index contributed by atoms with van der Waals surface area (Å²) in [5, 5.41) is 23.3. The second-order valence-electron chi connectivity index (χ2n) is 10.1. The Morgan fingerprint density at radius 2 is 1.77 bits per heavy atom. The van der Waals surface area contributed by atoms with E-state index >= 15 is 0 Å². The molecule has 1 amide bonds. The van der Waals surface area contributed by atoms with Gasteiger partial charge in [-0.2, -0.15) is 0 Å². The summed E-state index contributed by atoms with van der Waals surface area (Å²) < 4.78 is 5.37. The fraction of sp³-hybridized carbons (Fsp3) is 0.226. The molecule has 0 unspecified atom stereocenters. The molecule has 4 aromatic rings. The molecular formula is C31H29N3O6. The lowest BCUT2D eigenvalue weighted by Gasteiger charge is -2.25. The molecule has 1 aliphatic rings. The van der Waals surface area contributed by atoms with Crippen LogP contribution in [0, 0.1) is 10.1 Å². The summed E-state index contributed by atoms with van der Waals surface area (Å²) in [6.07, 6.45) is 2.34. The summed E-state index contributed by atoms with van der Waals surface area (Å²) >= 11 is 0. The number of methoxy groups -OCH3 is 1. The quantitative estimate of drug-likeness (QED) is 0.0948. The molecule has 2 N–H and O–H groups in total. The van der Waals surface area contributed by atoms with Crippen molar-refractivity contribution < 1.29 is 24.4 Å². The zero-order valence-corrected chi connectivity index (χ0v) is 22.4. The van der Waals surface area contributed by atoms with E-state index in [0.717, 1.165) is 22.0 Å². The largest absolute Gasteiger partial charge is 0.507 e. The Labute approximate surface area is 230 Å². The minimum atomic E-state index is -0.823. The van der Waals surface area contributed by atoms with Crippen LogP contribution in [-0.4, -0.2) is 45.3 Å². The van der Waals surface area contributed by atoms with Gasteiger partial charge >= 0.3 is 0 Å². The first-order chi connectivity index (χ1) is 19.2. The maximum Gasteiger partial charge on any atom is 0.295 e. The van der Waals surface area contributed by atoms with Crippen LogP contribution in [0.4, 0.5) is 5.69 Å². The number of fused-ring (bicyclic) bond motifs is 1. The van der Waals surface area contributed by atoms with Crippen LogP contribution in [0.15, 0.2) is 78.5 Å². The van der Waals surface area contributed by atoms with Gasteiger partial charge in [0.25, 0.3) is 17.4 Å². The number of Topliss-reactive ketones (excluding diaryl/α,β-unsaturated/α-hetero) is 1. The summed E-state index contributed by atoms with van der Waals surface area (Å²) in [6, 6.07) is 17.8. The number of carbonyl (C=O) groups is 2. The van der Waals surface area contributed by atoms with Crippen LogP contribution in [0.5, 0.6) is 5.75 Å². The van der Waals surface area contributed by atoms with Gasteiger partial charge in [-0.05, 0) is 59.4 Å². The molecule has 1 aliphatic heterocycles. The van der Waals surface area contributed by atoms with Gasteiger partial charge < -0.3 is 19.7 Å². The second kappa shape index (κ2) is 10.7. The lowest BCUT2D eigenvalue weighted by atomic mass is 9.93. The molecular weight excluding hydrogens is 510 g/mol. The van der Waals surface area contributed by atoms with Crippen LogP contribution in [0.1, 0.15) is 48.1 Å². The molecule has 40 heavy (non-hydrogen) atoms. The Morgan fingerprint density at radius 3 is 2.40 bits per heavy atom. The average Bonchev–Trinajstić information content (AvgIpc) is 3.48. The highest BCUT2D eigenvalue weighted by atomic mass is 16.6. The fourth-order valence-corrected chi connectivity index (χ4v) is 5.15. The van der Waals surface area contributed by atoms with Gasteiger partial charge in [-0.3, -0.25) is 19.7 Å². The molecule has 1 fully saturated rings. The maximum atomic E-state index is 13.4. The molecule has 1 atom stereocenters. The number of aromatic nitrogens is 1. The predicted octanol–water partition coefficient (Wildman–Crippen LogP) is 5.87. The number of nitro groups is 1. The number of aromatic amines is 1. The number of carbonyl (C=O) groups excluding carboxylic acids is 2. The van der Waals surface area contributed by atoms with Gasteiger partial charge in [-0.15, -0.1) is 0 Å². The summed E-state index contributed by atoms with van der Waals surface area (Å²) in [7, 11) is 1.60. The number of nitro benzene ring substituents is 1. The van der Waals surface area contributed by atoms with Crippen molar-refractivity contribution in [1.29, 1.82) is 0 Å². The molecule has 2 heterocycles. The van der Waals surface area contributed by atoms with Crippen molar-refractivity contribution in [2.24, 2.45) is 0 Å². The molecule has 0 aliphatic carbocycles. The fourth-order valence-electron chi connectivity index (χ4n) is 5.15. The normalized spacial score (nSPS) is 16.7. The van der Waals surface area contributed by atoms with Gasteiger partial charge in [0, 0.05) is 41.3 Å². The lowest BCUT2D eigenvalue weighted by Crippen LogP contribution is -2.31. The number of likely N-dealkylation sites (tertiary alicyclic amines) is 1. The monoisotopic (exact) mass is 539 g/mol. The number of nitrogens with one attached hydrogen (secondary N) is 1. The Kier molecular flexibility index (Phi) is 7.13. The van der Waals surface area contributed by atoms with E-state index in [1.165, 1.54) is 29.2 Å². The second-order valence-corrected chi connectivity index (χ2v) is 10.1. The highest BCUT2D eigenvalue weighted by molar-refractivity contribution is 6.46. The van der Waals surface area contributed by atoms with Gasteiger partial charge in [0.2, 0.25) is 0 Å². The Morgan fingerprint density at radius 1 is 1.07 bits per heavy atom. The number of rotatable bonds is 8. The van der Waals surface area contributed by atoms with Crippen molar-refractivity contribution in [3.8, 4) is 5.75 Å². The van der Waals surface area contributed by atoms with E-state index in [-0.39, 0.29) is 29.1 Å². The molecule has 0 radical (unpaired) electrons. The minimum Gasteiger partial charge on any atom is -0.507 e. The Bertz CT molecular complexity index is 1630. The van der Waals surface area contributed by atoms with E-state index in [2.05, 4.69) is 18.8 Å². The highest BCUT2D eigenvalue weighted by Gasteiger charge is 2.46. The summed E-state index contributed by atoms with van der Waals surface area (Å²) in [4.78, 5) is 42.0. The molecule has 5 rings (SSSR count). The predicted molar refractivity (Wildman–Crippen MR) is 151 cm³/mol. The number of ketones is 1. The summed E-state index contributed by atoms with van der Waals surface area (Å²) in [5.74, 6) is -0.875. The molecule has 204 valence electrons. The number of ether oxygens (including phenoxy) is 1. The smallest absolute Gasteiger partial charge is 0.295 e. The zero-order valence-electron chi connectivity index (χ0n) is 22.4. The molecule has 0 spiro atoms. The number of H-pyrrole nitrogens is 1. The Hall–Kier alpha value is -4.92. The molecule has 1 saturated heterocycles. The van der Waals surface area contributed by atoms with Gasteiger partial charge in [0.15, 0.2) is 0 Å². The van der Waals surface area contributed by atoms with Crippen LogP contribution in [0.3, 0.4) is 0 Å². The van der Waals surface area contributed by atoms with E-state index < -0.39 is 22.7 Å². The van der Waals surface area contributed by atoms with Crippen LogP contribution in [-0.2, 0) is 16.0 Å². The van der Waals surface area contributed by atoms with Crippen LogP contribution < -0.4 is 4.74 Å². The van der Waals surface area contributed by atoms with Crippen molar-refractivity contribution >= 4 is 34.0 Å². The number of benzene rings is 3. The lowest BCUT2D eigenvalue weighted by molar-refractivity contribution is -0.384. The number of aliphatic hydroxyl groups excluding tert-OH is 1. The van der Waals surface area contributed by atoms with Crippen molar-refractivity contribution in [2.45, 2.75) is 32.2 Å². The van der Waals surface area contributed by atoms with Crippen molar-refractivity contribution in [3.05, 3.63) is 111 Å². The van der Waals surface area contributed by atoms with Crippen LogP contribution in [0.2, 0.25) is 0 Å². The summed E-state index contributed by atoms with van der Waals surface area (Å²) in [5.41, 5.74) is 3.70. The Balaban J connectivity index is 1.55.